The van der Waals surface area contributed by atoms with Gasteiger partial charge < -0.3 is 9.80 Å². The van der Waals surface area contributed by atoms with Crippen molar-refractivity contribution in [1.29, 1.82) is 0 Å². The maximum atomic E-state index is 13.4. The van der Waals surface area contributed by atoms with Crippen molar-refractivity contribution in [1.82, 2.24) is 4.90 Å². The molecule has 0 aliphatic carbocycles. The molecule has 1 fully saturated rings. The van der Waals surface area contributed by atoms with Gasteiger partial charge in [-0.15, -0.1) is 0 Å². The summed E-state index contributed by atoms with van der Waals surface area (Å²) >= 11 is 0. The lowest BCUT2D eigenvalue weighted by atomic mass is 10.1. The first kappa shape index (κ1) is 16.2. The molecule has 3 rings (SSSR count). The van der Waals surface area contributed by atoms with E-state index in [0.717, 1.165) is 5.56 Å². The standard InChI is InChI=1S/C19H19FN2O2/c1-14-19(24)22(17-9-5-8-16(20)13-17)11-10-21(14)18(23)12-15-6-3-2-4-7-15/h2-9,13-14H,10-12H2,1H3/t14-/m0/s1. The van der Waals surface area contributed by atoms with E-state index in [2.05, 4.69) is 0 Å². The van der Waals surface area contributed by atoms with E-state index in [1.807, 2.05) is 30.3 Å². The number of carbonyl (C=O) groups excluding carboxylic acids is 2. The number of hydrogen-bond acceptors (Lipinski definition) is 2. The van der Waals surface area contributed by atoms with Crippen molar-refractivity contribution < 1.29 is 14.0 Å². The third-order valence-corrected chi connectivity index (χ3v) is 4.29. The summed E-state index contributed by atoms with van der Waals surface area (Å²) in [6.45, 7) is 2.53. The van der Waals surface area contributed by atoms with E-state index < -0.39 is 6.04 Å². The second-order valence-electron chi connectivity index (χ2n) is 5.90. The molecule has 2 aromatic rings. The average Bonchev–Trinajstić information content (AvgIpc) is 2.58. The Morgan fingerprint density at radius 1 is 1.12 bits per heavy atom. The van der Waals surface area contributed by atoms with Gasteiger partial charge in [-0.3, -0.25) is 9.59 Å². The number of nitrogens with zero attached hydrogens (tertiary/aromatic N) is 2. The highest BCUT2D eigenvalue weighted by Gasteiger charge is 2.34. The number of amides is 2. The summed E-state index contributed by atoms with van der Waals surface area (Å²) in [5.74, 6) is -0.634. The number of rotatable bonds is 3. The van der Waals surface area contributed by atoms with Crippen LogP contribution in [-0.2, 0) is 16.0 Å². The van der Waals surface area contributed by atoms with E-state index >= 15 is 0 Å². The molecule has 0 bridgehead atoms. The van der Waals surface area contributed by atoms with Crippen LogP contribution in [0.15, 0.2) is 54.6 Å². The second-order valence-corrected chi connectivity index (χ2v) is 5.90. The first-order chi connectivity index (χ1) is 11.6. The molecule has 124 valence electrons. The summed E-state index contributed by atoms with van der Waals surface area (Å²) in [5.41, 5.74) is 1.46. The van der Waals surface area contributed by atoms with Gasteiger partial charge in [-0.1, -0.05) is 36.4 Å². The van der Waals surface area contributed by atoms with Gasteiger partial charge in [-0.25, -0.2) is 4.39 Å². The second kappa shape index (κ2) is 6.83. The van der Waals surface area contributed by atoms with Crippen LogP contribution in [0.1, 0.15) is 12.5 Å². The predicted molar refractivity (Wildman–Crippen MR) is 90.1 cm³/mol. The first-order valence-corrected chi connectivity index (χ1v) is 7.96. The van der Waals surface area contributed by atoms with Crippen molar-refractivity contribution in [3.05, 3.63) is 66.0 Å². The van der Waals surface area contributed by atoms with Crippen LogP contribution in [0.4, 0.5) is 10.1 Å². The number of anilines is 1. The fourth-order valence-electron chi connectivity index (χ4n) is 2.98. The zero-order chi connectivity index (χ0) is 17.1. The van der Waals surface area contributed by atoms with Gasteiger partial charge in [0.1, 0.15) is 11.9 Å². The third kappa shape index (κ3) is 3.30. The van der Waals surface area contributed by atoms with Gasteiger partial charge >= 0.3 is 0 Å². The van der Waals surface area contributed by atoms with Gasteiger partial charge in [0.2, 0.25) is 11.8 Å². The van der Waals surface area contributed by atoms with Crippen molar-refractivity contribution in [3.8, 4) is 0 Å². The summed E-state index contributed by atoms with van der Waals surface area (Å²) in [4.78, 5) is 28.3. The van der Waals surface area contributed by atoms with Crippen LogP contribution < -0.4 is 4.90 Å². The highest BCUT2D eigenvalue weighted by Crippen LogP contribution is 2.21. The van der Waals surface area contributed by atoms with Crippen LogP contribution in [0.25, 0.3) is 0 Å². The lowest BCUT2D eigenvalue weighted by Gasteiger charge is -2.39. The summed E-state index contributed by atoms with van der Waals surface area (Å²) in [6.07, 6.45) is 0.276. The summed E-state index contributed by atoms with van der Waals surface area (Å²) < 4.78 is 13.4. The Labute approximate surface area is 140 Å². The van der Waals surface area contributed by atoms with Crippen molar-refractivity contribution in [2.75, 3.05) is 18.0 Å². The molecule has 0 unspecified atom stereocenters. The molecule has 2 amide bonds. The highest BCUT2D eigenvalue weighted by molar-refractivity contribution is 6.00. The largest absolute Gasteiger partial charge is 0.329 e. The molecule has 24 heavy (non-hydrogen) atoms. The zero-order valence-electron chi connectivity index (χ0n) is 13.5. The van der Waals surface area contributed by atoms with Crippen LogP contribution in [-0.4, -0.2) is 35.8 Å². The van der Waals surface area contributed by atoms with Gasteiger partial charge in [0.05, 0.1) is 6.42 Å². The topological polar surface area (TPSA) is 40.6 Å². The SMILES string of the molecule is C[C@H]1C(=O)N(c2cccc(F)c2)CCN1C(=O)Cc1ccccc1. The van der Waals surface area contributed by atoms with Crippen molar-refractivity contribution in [3.63, 3.8) is 0 Å². The molecule has 1 saturated heterocycles. The molecule has 0 aromatic heterocycles. The Bertz CT molecular complexity index is 748. The van der Waals surface area contributed by atoms with Gasteiger partial charge in [-0.05, 0) is 30.7 Å². The van der Waals surface area contributed by atoms with E-state index in [4.69, 9.17) is 0 Å². The molecular weight excluding hydrogens is 307 g/mol. The van der Waals surface area contributed by atoms with Gasteiger partial charge in [-0.2, -0.15) is 0 Å². The lowest BCUT2D eigenvalue weighted by Crippen LogP contribution is -2.58. The monoisotopic (exact) mass is 326 g/mol. The highest BCUT2D eigenvalue weighted by atomic mass is 19.1. The van der Waals surface area contributed by atoms with E-state index in [0.29, 0.717) is 18.8 Å². The Kier molecular flexibility index (Phi) is 4.60. The Morgan fingerprint density at radius 3 is 2.58 bits per heavy atom. The summed E-state index contributed by atoms with van der Waals surface area (Å²) in [5, 5.41) is 0. The molecule has 5 heteroatoms. The molecule has 1 heterocycles. The van der Waals surface area contributed by atoms with Crippen molar-refractivity contribution in [2.24, 2.45) is 0 Å². The summed E-state index contributed by atoms with van der Waals surface area (Å²) in [7, 11) is 0. The fraction of sp³-hybridized carbons (Fsp3) is 0.263. The number of hydrogen-bond donors (Lipinski definition) is 0. The Hall–Kier alpha value is -2.69. The Morgan fingerprint density at radius 2 is 1.88 bits per heavy atom. The minimum atomic E-state index is -0.557. The van der Waals surface area contributed by atoms with E-state index in [1.54, 1.807) is 28.9 Å². The lowest BCUT2D eigenvalue weighted by molar-refractivity contribution is -0.140. The molecule has 0 saturated carbocycles. The predicted octanol–water partition coefficient (Wildman–Crippen LogP) is 2.63. The summed E-state index contributed by atoms with van der Waals surface area (Å²) in [6, 6.07) is 14.9. The van der Waals surface area contributed by atoms with Crippen LogP contribution in [0, 0.1) is 5.82 Å². The molecule has 1 atom stereocenters. The molecule has 0 spiro atoms. The maximum Gasteiger partial charge on any atom is 0.249 e. The minimum absolute atomic E-state index is 0.0686. The average molecular weight is 326 g/mol. The minimum Gasteiger partial charge on any atom is -0.329 e. The quantitative estimate of drug-likeness (QED) is 0.870. The molecule has 4 nitrogen and oxygen atoms in total. The zero-order valence-corrected chi connectivity index (χ0v) is 13.5. The number of halogens is 1. The molecule has 0 radical (unpaired) electrons. The van der Waals surface area contributed by atoms with Crippen LogP contribution >= 0.6 is 0 Å². The number of carbonyl (C=O) groups is 2. The van der Waals surface area contributed by atoms with Gasteiger partial charge in [0, 0.05) is 18.8 Å². The number of benzene rings is 2. The maximum absolute atomic E-state index is 13.4. The van der Waals surface area contributed by atoms with Gasteiger partial charge in [0.15, 0.2) is 0 Å². The van der Waals surface area contributed by atoms with E-state index in [-0.39, 0.29) is 24.1 Å². The van der Waals surface area contributed by atoms with Gasteiger partial charge in [0.25, 0.3) is 0 Å². The Balaban J connectivity index is 1.71. The normalized spacial score (nSPS) is 17.9. The van der Waals surface area contributed by atoms with Crippen molar-refractivity contribution >= 4 is 17.5 Å². The first-order valence-electron chi connectivity index (χ1n) is 7.96. The molecule has 0 N–H and O–H groups in total. The third-order valence-electron chi connectivity index (χ3n) is 4.29. The van der Waals surface area contributed by atoms with Crippen molar-refractivity contribution in [2.45, 2.75) is 19.4 Å². The van der Waals surface area contributed by atoms with Crippen LogP contribution in [0.5, 0.6) is 0 Å². The van der Waals surface area contributed by atoms with E-state index in [9.17, 15) is 14.0 Å². The number of piperazine rings is 1. The van der Waals surface area contributed by atoms with E-state index in [1.165, 1.54) is 12.1 Å². The smallest absolute Gasteiger partial charge is 0.249 e. The fourth-order valence-corrected chi connectivity index (χ4v) is 2.98. The van der Waals surface area contributed by atoms with Crippen LogP contribution in [0.2, 0.25) is 0 Å². The van der Waals surface area contributed by atoms with Crippen LogP contribution in [0.3, 0.4) is 0 Å². The molecule has 1 aliphatic heterocycles. The molecule has 2 aromatic carbocycles. The molecule has 1 aliphatic rings. The molecular formula is C19H19FN2O2.